The predicted molar refractivity (Wildman–Crippen MR) is 132 cm³/mol. The Labute approximate surface area is 210 Å². The maximum atomic E-state index is 12.1. The standard InChI is InChI=1S/C24H31N3O7.ClH/c1-15-20(23(28)29)22(21(24(30)31)16(2)25-15)18-14-17(27(32)33)8-9-19(18)34-13-7-6-12-26-10-4-3-5-11-26;/h8-9,14,22,25H,3-7,10-13H2,1-2H3,(H,28,29)(H,30,31);1H. The molecule has 0 radical (unpaired) electrons. The molecule has 2 heterocycles. The molecule has 0 atom stereocenters. The normalized spacial score (nSPS) is 17.0. The lowest BCUT2D eigenvalue weighted by Gasteiger charge is -2.29. The predicted octanol–water partition coefficient (Wildman–Crippen LogP) is 4.07. The van der Waals surface area contributed by atoms with Gasteiger partial charge in [0.25, 0.3) is 5.69 Å². The molecule has 0 unspecified atom stereocenters. The molecule has 1 aromatic carbocycles. The summed E-state index contributed by atoms with van der Waals surface area (Å²) < 4.78 is 5.95. The Bertz CT molecular complexity index is 996. The fraction of sp³-hybridized carbons (Fsp3) is 0.500. The summed E-state index contributed by atoms with van der Waals surface area (Å²) in [6, 6.07) is 3.91. The molecule has 0 aliphatic carbocycles. The van der Waals surface area contributed by atoms with Crippen LogP contribution >= 0.6 is 12.4 Å². The third-order valence-corrected chi connectivity index (χ3v) is 6.31. The van der Waals surface area contributed by atoms with Crippen LogP contribution in [0.2, 0.25) is 0 Å². The largest absolute Gasteiger partial charge is 0.493 e. The molecule has 0 spiro atoms. The van der Waals surface area contributed by atoms with E-state index in [4.69, 9.17) is 4.74 Å². The SMILES string of the molecule is CC1=C(C(=O)O)C(c2cc([N+](=O)[O-])ccc2OCCCCN2CCCCC2)C(C(=O)O)=C(C)N1.Cl. The van der Waals surface area contributed by atoms with Gasteiger partial charge in [-0.2, -0.15) is 0 Å². The van der Waals surface area contributed by atoms with Crippen molar-refractivity contribution in [2.75, 3.05) is 26.2 Å². The molecule has 2 aliphatic rings. The number of hydrogen-bond donors (Lipinski definition) is 3. The molecule has 1 fully saturated rings. The van der Waals surface area contributed by atoms with E-state index in [1.807, 2.05) is 0 Å². The fourth-order valence-electron chi connectivity index (χ4n) is 4.68. The number of carbonyl (C=O) groups is 2. The van der Waals surface area contributed by atoms with E-state index in [1.165, 1.54) is 51.3 Å². The van der Waals surface area contributed by atoms with Crippen molar-refractivity contribution in [2.45, 2.75) is 51.9 Å². The quantitative estimate of drug-likeness (QED) is 0.241. The topological polar surface area (TPSA) is 142 Å². The van der Waals surface area contributed by atoms with Gasteiger partial charge in [-0.05, 0) is 65.2 Å². The van der Waals surface area contributed by atoms with E-state index in [0.717, 1.165) is 32.5 Å². The average Bonchev–Trinajstić information content (AvgIpc) is 2.78. The van der Waals surface area contributed by atoms with Crippen LogP contribution in [-0.4, -0.2) is 58.2 Å². The Morgan fingerprint density at radius 3 is 2.23 bits per heavy atom. The van der Waals surface area contributed by atoms with Crippen molar-refractivity contribution in [3.63, 3.8) is 0 Å². The second-order valence-corrected chi connectivity index (χ2v) is 8.68. The number of halogens is 1. The van der Waals surface area contributed by atoms with Crippen molar-refractivity contribution in [2.24, 2.45) is 0 Å². The van der Waals surface area contributed by atoms with Gasteiger partial charge >= 0.3 is 11.9 Å². The number of benzene rings is 1. The highest BCUT2D eigenvalue weighted by molar-refractivity contribution is 5.98. The zero-order valence-corrected chi connectivity index (χ0v) is 20.7. The van der Waals surface area contributed by atoms with Gasteiger partial charge in [0, 0.05) is 29.1 Å². The third-order valence-electron chi connectivity index (χ3n) is 6.31. The first kappa shape index (κ1) is 28.1. The number of nitrogens with one attached hydrogen (secondary N) is 1. The summed E-state index contributed by atoms with van der Waals surface area (Å²) in [4.78, 5) is 37.5. The number of non-ortho nitro benzene ring substituents is 1. The minimum atomic E-state index is -1.31. The number of hydrogen-bond acceptors (Lipinski definition) is 7. The number of aliphatic carboxylic acids is 2. The van der Waals surface area contributed by atoms with Crippen molar-refractivity contribution in [1.29, 1.82) is 0 Å². The van der Waals surface area contributed by atoms with E-state index in [9.17, 15) is 29.9 Å². The van der Waals surface area contributed by atoms with Crippen LogP contribution in [0.3, 0.4) is 0 Å². The van der Waals surface area contributed by atoms with E-state index in [0.29, 0.717) is 6.61 Å². The molecule has 1 saturated heterocycles. The second-order valence-electron chi connectivity index (χ2n) is 8.68. The monoisotopic (exact) mass is 509 g/mol. The van der Waals surface area contributed by atoms with Crippen molar-refractivity contribution in [3.05, 3.63) is 56.4 Å². The Morgan fingerprint density at radius 1 is 1.09 bits per heavy atom. The van der Waals surface area contributed by atoms with Crippen molar-refractivity contribution < 1.29 is 29.5 Å². The van der Waals surface area contributed by atoms with Gasteiger partial charge in [-0.1, -0.05) is 6.42 Å². The molecule has 0 aromatic heterocycles. The molecule has 192 valence electrons. The number of unbranched alkanes of at least 4 members (excludes halogenated alkanes) is 1. The van der Waals surface area contributed by atoms with Crippen LogP contribution in [-0.2, 0) is 9.59 Å². The Balaban J connectivity index is 0.00000432. The number of allylic oxidation sites excluding steroid dienone is 2. The summed E-state index contributed by atoms with van der Waals surface area (Å²) in [7, 11) is 0. The van der Waals surface area contributed by atoms with Crippen LogP contribution in [0.4, 0.5) is 5.69 Å². The van der Waals surface area contributed by atoms with Gasteiger partial charge in [0.05, 0.1) is 28.6 Å². The lowest BCUT2D eigenvalue weighted by Crippen LogP contribution is -2.31. The highest BCUT2D eigenvalue weighted by Gasteiger charge is 2.38. The number of piperidine rings is 1. The molecule has 10 nitrogen and oxygen atoms in total. The first-order chi connectivity index (χ1) is 16.2. The van der Waals surface area contributed by atoms with Crippen LogP contribution in [0.5, 0.6) is 5.75 Å². The molecule has 3 rings (SSSR count). The second kappa shape index (κ2) is 12.6. The molecule has 11 heteroatoms. The summed E-state index contributed by atoms with van der Waals surface area (Å²) in [5.41, 5.74) is 0.0749. The summed E-state index contributed by atoms with van der Waals surface area (Å²) in [5, 5.41) is 34.0. The van der Waals surface area contributed by atoms with Crippen molar-refractivity contribution in [3.8, 4) is 5.75 Å². The van der Waals surface area contributed by atoms with Crippen LogP contribution in [0, 0.1) is 10.1 Å². The molecule has 3 N–H and O–H groups in total. The molecule has 35 heavy (non-hydrogen) atoms. The fourth-order valence-corrected chi connectivity index (χ4v) is 4.68. The number of nitro groups is 1. The lowest BCUT2D eigenvalue weighted by atomic mass is 9.80. The number of likely N-dealkylation sites (tertiary alicyclic amines) is 1. The number of carboxylic acids is 2. The minimum Gasteiger partial charge on any atom is -0.493 e. The van der Waals surface area contributed by atoms with Crippen molar-refractivity contribution in [1.82, 2.24) is 10.2 Å². The Morgan fingerprint density at radius 2 is 1.69 bits per heavy atom. The smallest absolute Gasteiger partial charge is 0.334 e. The Hall–Kier alpha value is -3.11. The molecule has 0 amide bonds. The molecule has 1 aromatic rings. The zero-order valence-electron chi connectivity index (χ0n) is 19.9. The summed E-state index contributed by atoms with van der Waals surface area (Å²) >= 11 is 0. The average molecular weight is 510 g/mol. The minimum absolute atomic E-state index is 0. The molecule has 2 aliphatic heterocycles. The van der Waals surface area contributed by atoms with Crippen LogP contribution < -0.4 is 10.1 Å². The van der Waals surface area contributed by atoms with Gasteiger partial charge in [0.1, 0.15) is 5.75 Å². The number of nitrogens with zero attached hydrogens (tertiary/aromatic N) is 2. The highest BCUT2D eigenvalue weighted by Crippen LogP contribution is 2.43. The molecule has 0 saturated carbocycles. The van der Waals surface area contributed by atoms with Crippen molar-refractivity contribution >= 4 is 30.0 Å². The summed E-state index contributed by atoms with van der Waals surface area (Å²) in [5.74, 6) is -3.59. The number of carboxylic acid groups (broad SMARTS) is 2. The lowest BCUT2D eigenvalue weighted by molar-refractivity contribution is -0.384. The van der Waals surface area contributed by atoms with Gasteiger partial charge < -0.3 is 25.2 Å². The maximum Gasteiger partial charge on any atom is 0.334 e. The molecular formula is C24H32ClN3O7. The summed E-state index contributed by atoms with van der Waals surface area (Å²) in [6.45, 7) is 6.60. The number of nitro benzene ring substituents is 1. The molecular weight excluding hydrogens is 478 g/mol. The number of dihydropyridines is 1. The highest BCUT2D eigenvalue weighted by atomic mass is 35.5. The third kappa shape index (κ3) is 6.73. The van der Waals surface area contributed by atoms with E-state index < -0.39 is 22.8 Å². The van der Waals surface area contributed by atoms with E-state index >= 15 is 0 Å². The van der Waals surface area contributed by atoms with Crippen LogP contribution in [0.1, 0.15) is 57.4 Å². The van der Waals surface area contributed by atoms with E-state index in [-0.39, 0.29) is 51.9 Å². The van der Waals surface area contributed by atoms with E-state index in [2.05, 4.69) is 10.2 Å². The van der Waals surface area contributed by atoms with Gasteiger partial charge in [0.2, 0.25) is 0 Å². The van der Waals surface area contributed by atoms with Gasteiger partial charge in [0.15, 0.2) is 0 Å². The first-order valence-corrected chi connectivity index (χ1v) is 11.5. The van der Waals surface area contributed by atoms with E-state index in [1.54, 1.807) is 0 Å². The zero-order chi connectivity index (χ0) is 24.8. The van der Waals surface area contributed by atoms with Gasteiger partial charge in [-0.15, -0.1) is 12.4 Å². The van der Waals surface area contributed by atoms with Crippen LogP contribution in [0.25, 0.3) is 0 Å². The van der Waals surface area contributed by atoms with Crippen LogP contribution in [0.15, 0.2) is 40.7 Å². The van der Waals surface area contributed by atoms with Gasteiger partial charge in [-0.25, -0.2) is 9.59 Å². The van der Waals surface area contributed by atoms with Gasteiger partial charge in [-0.3, -0.25) is 10.1 Å². The maximum absolute atomic E-state index is 12.1. The Kier molecular flexibility index (Phi) is 10.1. The number of rotatable bonds is 10. The first-order valence-electron chi connectivity index (χ1n) is 11.5. The summed E-state index contributed by atoms with van der Waals surface area (Å²) in [6.07, 6.45) is 5.39. The number of ether oxygens (including phenoxy) is 1. The molecule has 0 bridgehead atoms.